The second kappa shape index (κ2) is 4.76. The second-order valence-electron chi connectivity index (χ2n) is 3.39. The van der Waals surface area contributed by atoms with Gasteiger partial charge in [-0.15, -0.1) is 22.7 Å². The topological polar surface area (TPSA) is 50.2 Å². The lowest BCUT2D eigenvalue weighted by Crippen LogP contribution is -1.98. The molecule has 84 valence electrons. The van der Waals surface area contributed by atoms with Crippen molar-refractivity contribution < 1.29 is 9.90 Å². The van der Waals surface area contributed by atoms with E-state index in [1.54, 1.807) is 22.7 Å². The van der Waals surface area contributed by atoms with E-state index in [2.05, 4.69) is 4.98 Å². The van der Waals surface area contributed by atoms with E-state index in [-0.39, 0.29) is 6.42 Å². The molecule has 0 unspecified atom stereocenters. The summed E-state index contributed by atoms with van der Waals surface area (Å²) in [5.41, 5.74) is 0.913. The molecule has 2 rings (SSSR count). The molecule has 5 heteroatoms. The number of aliphatic carboxylic acids is 1. The summed E-state index contributed by atoms with van der Waals surface area (Å²) in [6, 6.07) is 4.03. The van der Waals surface area contributed by atoms with E-state index >= 15 is 0 Å². The number of carboxylic acid groups (broad SMARTS) is 1. The van der Waals surface area contributed by atoms with Gasteiger partial charge in [-0.1, -0.05) is 6.07 Å². The third kappa shape index (κ3) is 2.48. The van der Waals surface area contributed by atoms with Crippen molar-refractivity contribution in [3.8, 4) is 9.88 Å². The lowest BCUT2D eigenvalue weighted by atomic mass is 10.2. The zero-order valence-corrected chi connectivity index (χ0v) is 10.4. The summed E-state index contributed by atoms with van der Waals surface area (Å²) in [5.74, 6) is -0.773. The van der Waals surface area contributed by atoms with E-state index in [0.29, 0.717) is 6.42 Å². The predicted molar refractivity (Wildman–Crippen MR) is 66.1 cm³/mol. The first-order chi connectivity index (χ1) is 7.66. The molecule has 0 bridgehead atoms. The monoisotopic (exact) mass is 253 g/mol. The van der Waals surface area contributed by atoms with Crippen molar-refractivity contribution in [2.45, 2.75) is 19.8 Å². The lowest BCUT2D eigenvalue weighted by molar-refractivity contribution is -0.136. The highest BCUT2D eigenvalue weighted by Crippen LogP contribution is 2.31. The molecule has 0 saturated heterocycles. The van der Waals surface area contributed by atoms with E-state index < -0.39 is 5.97 Å². The van der Waals surface area contributed by atoms with Gasteiger partial charge in [-0.25, -0.2) is 4.98 Å². The van der Waals surface area contributed by atoms with Gasteiger partial charge in [-0.05, 0) is 18.4 Å². The average molecular weight is 253 g/mol. The minimum absolute atomic E-state index is 0.147. The fourth-order valence-corrected chi connectivity index (χ4v) is 3.15. The number of thiophene rings is 1. The molecule has 2 heterocycles. The molecule has 0 spiro atoms. The Kier molecular flexibility index (Phi) is 3.36. The molecular weight excluding hydrogens is 242 g/mol. The van der Waals surface area contributed by atoms with Crippen molar-refractivity contribution in [1.29, 1.82) is 0 Å². The van der Waals surface area contributed by atoms with Gasteiger partial charge in [-0.3, -0.25) is 4.79 Å². The highest BCUT2D eigenvalue weighted by molar-refractivity contribution is 7.21. The number of thiazole rings is 1. The van der Waals surface area contributed by atoms with Gasteiger partial charge in [0.15, 0.2) is 0 Å². The van der Waals surface area contributed by atoms with Crippen molar-refractivity contribution >= 4 is 28.6 Å². The van der Waals surface area contributed by atoms with Crippen LogP contribution in [0.1, 0.15) is 17.0 Å². The Labute approximate surface area is 101 Å². The van der Waals surface area contributed by atoms with Gasteiger partial charge in [0, 0.05) is 11.3 Å². The normalized spacial score (nSPS) is 10.6. The minimum atomic E-state index is -0.773. The maximum Gasteiger partial charge on any atom is 0.303 e. The molecule has 0 amide bonds. The Morgan fingerprint density at radius 1 is 1.56 bits per heavy atom. The number of hydrogen-bond acceptors (Lipinski definition) is 4. The number of carboxylic acids is 1. The second-order valence-corrected chi connectivity index (χ2v) is 5.54. The SMILES string of the molecule is Cc1sc(-c2cccs2)nc1CCC(=O)O. The Balaban J connectivity index is 2.19. The van der Waals surface area contributed by atoms with E-state index in [0.717, 1.165) is 20.5 Å². The molecule has 0 aliphatic rings. The van der Waals surface area contributed by atoms with Crippen LogP contribution in [0.25, 0.3) is 9.88 Å². The molecular formula is C11H11NO2S2. The summed E-state index contributed by atoms with van der Waals surface area (Å²) in [4.78, 5) is 17.3. The van der Waals surface area contributed by atoms with Gasteiger partial charge < -0.3 is 5.11 Å². The molecule has 2 aromatic heterocycles. The quantitative estimate of drug-likeness (QED) is 0.910. The molecule has 0 aliphatic carbocycles. The molecule has 1 N–H and O–H groups in total. The molecule has 2 aromatic rings. The number of aromatic nitrogens is 1. The van der Waals surface area contributed by atoms with Crippen LogP contribution in [0.5, 0.6) is 0 Å². The van der Waals surface area contributed by atoms with Gasteiger partial charge in [0.2, 0.25) is 0 Å². The summed E-state index contributed by atoms with van der Waals surface area (Å²) < 4.78 is 0. The fourth-order valence-electron chi connectivity index (χ4n) is 1.39. The Morgan fingerprint density at radius 2 is 2.38 bits per heavy atom. The molecule has 0 atom stereocenters. The number of aryl methyl sites for hydroxylation is 2. The number of rotatable bonds is 4. The molecule has 0 aliphatic heterocycles. The first kappa shape index (κ1) is 11.3. The van der Waals surface area contributed by atoms with Gasteiger partial charge in [0.05, 0.1) is 17.0 Å². The van der Waals surface area contributed by atoms with Crippen LogP contribution in [0.15, 0.2) is 17.5 Å². The molecule has 3 nitrogen and oxygen atoms in total. The third-order valence-electron chi connectivity index (χ3n) is 2.20. The Bertz CT molecular complexity index is 488. The Morgan fingerprint density at radius 3 is 3.00 bits per heavy atom. The number of hydrogen-bond donors (Lipinski definition) is 1. The van der Waals surface area contributed by atoms with Crippen molar-refractivity contribution in [2.75, 3.05) is 0 Å². The van der Waals surface area contributed by atoms with Crippen molar-refractivity contribution in [2.24, 2.45) is 0 Å². The highest BCUT2D eigenvalue weighted by atomic mass is 32.1. The summed E-state index contributed by atoms with van der Waals surface area (Å²) in [6.07, 6.45) is 0.664. The van der Waals surface area contributed by atoms with Crippen molar-refractivity contribution in [1.82, 2.24) is 4.98 Å². The summed E-state index contributed by atoms with van der Waals surface area (Å²) in [6.45, 7) is 1.99. The van der Waals surface area contributed by atoms with Crippen LogP contribution in [-0.4, -0.2) is 16.1 Å². The van der Waals surface area contributed by atoms with Crippen molar-refractivity contribution in [3.63, 3.8) is 0 Å². The minimum Gasteiger partial charge on any atom is -0.481 e. The molecule has 0 aromatic carbocycles. The van der Waals surface area contributed by atoms with E-state index in [4.69, 9.17) is 5.11 Å². The van der Waals surface area contributed by atoms with Gasteiger partial charge >= 0.3 is 5.97 Å². The van der Waals surface area contributed by atoms with Gasteiger partial charge in [0.1, 0.15) is 5.01 Å². The van der Waals surface area contributed by atoms with E-state index in [1.165, 1.54) is 0 Å². The summed E-state index contributed by atoms with van der Waals surface area (Å²) in [5, 5.41) is 11.6. The number of nitrogens with zero attached hydrogens (tertiary/aromatic N) is 1. The maximum absolute atomic E-state index is 10.5. The summed E-state index contributed by atoms with van der Waals surface area (Å²) in [7, 11) is 0. The van der Waals surface area contributed by atoms with Crippen molar-refractivity contribution in [3.05, 3.63) is 28.1 Å². The van der Waals surface area contributed by atoms with Crippen LogP contribution in [0.2, 0.25) is 0 Å². The van der Waals surface area contributed by atoms with E-state index in [9.17, 15) is 4.79 Å². The fraction of sp³-hybridized carbons (Fsp3) is 0.273. The summed E-state index contributed by atoms with van der Waals surface area (Å²) >= 11 is 3.28. The number of carbonyl (C=O) groups is 1. The van der Waals surface area contributed by atoms with Crippen LogP contribution in [0.4, 0.5) is 0 Å². The lowest BCUT2D eigenvalue weighted by Gasteiger charge is -1.93. The predicted octanol–water partition coefficient (Wildman–Crippen LogP) is 3.20. The van der Waals surface area contributed by atoms with Gasteiger partial charge in [0.25, 0.3) is 0 Å². The van der Waals surface area contributed by atoms with E-state index in [1.807, 2.05) is 24.4 Å². The Hall–Kier alpha value is -1.20. The molecule has 0 fully saturated rings. The smallest absolute Gasteiger partial charge is 0.303 e. The average Bonchev–Trinajstić information content (AvgIpc) is 2.83. The first-order valence-corrected chi connectivity index (χ1v) is 6.58. The first-order valence-electron chi connectivity index (χ1n) is 4.89. The highest BCUT2D eigenvalue weighted by Gasteiger charge is 2.11. The standard InChI is InChI=1S/C11H11NO2S2/c1-7-8(4-5-10(13)14)12-11(16-7)9-3-2-6-15-9/h2-3,6H,4-5H2,1H3,(H,13,14). The van der Waals surface area contributed by atoms with Crippen LogP contribution in [0.3, 0.4) is 0 Å². The van der Waals surface area contributed by atoms with Crippen LogP contribution in [0, 0.1) is 6.92 Å². The molecule has 0 saturated carbocycles. The molecule has 16 heavy (non-hydrogen) atoms. The maximum atomic E-state index is 10.5. The zero-order chi connectivity index (χ0) is 11.5. The largest absolute Gasteiger partial charge is 0.481 e. The zero-order valence-electron chi connectivity index (χ0n) is 8.77. The van der Waals surface area contributed by atoms with Crippen LogP contribution >= 0.6 is 22.7 Å². The van der Waals surface area contributed by atoms with Crippen LogP contribution < -0.4 is 0 Å². The van der Waals surface area contributed by atoms with Crippen LogP contribution in [-0.2, 0) is 11.2 Å². The third-order valence-corrected chi connectivity index (χ3v) is 4.25. The van der Waals surface area contributed by atoms with Gasteiger partial charge in [-0.2, -0.15) is 0 Å². The molecule has 0 radical (unpaired) electrons.